The number of carbonyl (C=O) groups excluding carboxylic acids is 1. The van der Waals surface area contributed by atoms with E-state index in [9.17, 15) is 9.90 Å². The van der Waals surface area contributed by atoms with E-state index in [0.29, 0.717) is 11.1 Å². The number of hydrogen-bond donors (Lipinski definition) is 2. The molecule has 0 fully saturated rings. The number of methoxy groups -OCH3 is 1. The van der Waals surface area contributed by atoms with Crippen LogP contribution in [0.1, 0.15) is 25.2 Å². The van der Waals surface area contributed by atoms with Crippen LogP contribution in [0.15, 0.2) is 65.4 Å². The zero-order chi connectivity index (χ0) is 19.4. The largest absolute Gasteiger partial charge is 0.508 e. The molecule has 4 rings (SSSR count). The second-order valence-corrected chi connectivity index (χ2v) is 6.54. The van der Waals surface area contributed by atoms with Gasteiger partial charge in [0.25, 0.3) is 0 Å². The number of fused-ring (bicyclic) bond motifs is 2. The number of esters is 1. The van der Waals surface area contributed by atoms with E-state index in [1.165, 1.54) is 19.4 Å². The molecule has 0 spiro atoms. The Hall–Kier alpha value is -3.19. The molecule has 6 nitrogen and oxygen atoms in total. The lowest BCUT2D eigenvalue weighted by Gasteiger charge is -2.01. The summed E-state index contributed by atoms with van der Waals surface area (Å²) in [6.07, 6.45) is 3.13. The summed E-state index contributed by atoms with van der Waals surface area (Å²) in [4.78, 5) is 19.4. The van der Waals surface area contributed by atoms with Crippen molar-refractivity contribution >= 4 is 43.7 Å². The van der Waals surface area contributed by atoms with Crippen molar-refractivity contribution in [1.82, 2.24) is 9.97 Å². The average molecular weight is 459 g/mol. The molecule has 2 heterocycles. The van der Waals surface area contributed by atoms with E-state index in [0.717, 1.165) is 20.8 Å². The van der Waals surface area contributed by atoms with Crippen molar-refractivity contribution in [3.63, 3.8) is 0 Å². The summed E-state index contributed by atoms with van der Waals surface area (Å²) < 4.78 is 5.53. The Morgan fingerprint density at radius 3 is 1.93 bits per heavy atom. The molecular weight excluding hydrogens is 436 g/mol. The van der Waals surface area contributed by atoms with E-state index < -0.39 is 5.97 Å². The van der Waals surface area contributed by atoms with Crippen LogP contribution in [0.4, 0.5) is 0 Å². The predicted molar refractivity (Wildman–Crippen MR) is 119 cm³/mol. The number of ether oxygens (including phenoxy) is 1. The quantitative estimate of drug-likeness (QED) is 0.355. The van der Waals surface area contributed by atoms with Crippen LogP contribution in [0.5, 0.6) is 11.5 Å². The van der Waals surface area contributed by atoms with E-state index in [1.54, 1.807) is 36.5 Å². The number of phenolic OH excluding ortho intramolecular Hbond substituents is 2. The van der Waals surface area contributed by atoms with Gasteiger partial charge < -0.3 is 14.9 Å². The molecule has 0 aliphatic heterocycles. The molecule has 29 heavy (non-hydrogen) atoms. The monoisotopic (exact) mass is 458 g/mol. The smallest absolute Gasteiger partial charge is 0.339 e. The normalized spacial score (nSPS) is 9.59. The van der Waals surface area contributed by atoms with Crippen molar-refractivity contribution < 1.29 is 19.7 Å². The third-order valence-electron chi connectivity index (χ3n) is 3.72. The van der Waals surface area contributed by atoms with Crippen molar-refractivity contribution in [2.24, 2.45) is 0 Å². The molecule has 2 N–H and O–H groups in total. The maximum Gasteiger partial charge on any atom is 0.339 e. The van der Waals surface area contributed by atoms with Gasteiger partial charge in [-0.3, -0.25) is 9.97 Å². The fraction of sp³-hybridized carbons (Fsp3) is 0.136. The number of phenols is 2. The van der Waals surface area contributed by atoms with Crippen LogP contribution in [0, 0.1) is 0 Å². The highest BCUT2D eigenvalue weighted by Gasteiger charge is 2.06. The lowest BCUT2D eigenvalue weighted by atomic mass is 10.1. The van der Waals surface area contributed by atoms with Crippen molar-refractivity contribution in [3.8, 4) is 11.5 Å². The van der Waals surface area contributed by atoms with Crippen molar-refractivity contribution in [2.45, 2.75) is 14.9 Å². The Bertz CT molecular complexity index is 1090. The number of carbonyl (C=O) groups is 1. The highest BCUT2D eigenvalue weighted by atomic mass is 79.9. The standard InChI is InChI=1S/C11H9NO3.C9H6BrNO.2CH4/c1-15-11(14)8-4-7-2-3-9(13)5-10(7)12-6-8;10-7-3-6-1-2-8(12)4-9(6)11-5-7;;/h2-6,13H,1H3;1-5,12H;2*1H4. The Balaban J connectivity index is 0.000000277. The number of aromatic hydroxyl groups is 2. The van der Waals surface area contributed by atoms with Crippen molar-refractivity contribution in [3.05, 3.63) is 71.0 Å². The summed E-state index contributed by atoms with van der Waals surface area (Å²) in [5.74, 6) is -0.0179. The molecule has 0 amide bonds. The first-order chi connectivity index (χ1) is 13.0. The van der Waals surface area contributed by atoms with Gasteiger partial charge in [-0.1, -0.05) is 14.9 Å². The molecule has 0 aliphatic carbocycles. The highest BCUT2D eigenvalue weighted by Crippen LogP contribution is 2.21. The van der Waals surface area contributed by atoms with Gasteiger partial charge in [0.15, 0.2) is 0 Å². The summed E-state index contributed by atoms with van der Waals surface area (Å²) in [7, 11) is 1.32. The maximum absolute atomic E-state index is 11.2. The SMILES string of the molecule is C.C.COC(=O)c1cnc2cc(O)ccc2c1.Oc1ccc2cc(Br)cnc2c1. The first kappa shape index (κ1) is 23.8. The zero-order valence-corrected chi connectivity index (χ0v) is 15.8. The third kappa shape index (κ3) is 5.89. The third-order valence-corrected chi connectivity index (χ3v) is 4.16. The molecule has 152 valence electrons. The predicted octanol–water partition coefficient (Wildman–Crippen LogP) is 5.70. The van der Waals surface area contributed by atoms with Crippen molar-refractivity contribution in [2.75, 3.05) is 7.11 Å². The molecule has 7 heteroatoms. The topological polar surface area (TPSA) is 92.5 Å². The minimum Gasteiger partial charge on any atom is -0.508 e. The molecule has 0 atom stereocenters. The van der Waals surface area contributed by atoms with Gasteiger partial charge in [-0.05, 0) is 52.3 Å². The zero-order valence-electron chi connectivity index (χ0n) is 14.3. The first-order valence-corrected chi connectivity index (χ1v) is 8.67. The van der Waals surface area contributed by atoms with Crippen LogP contribution in [-0.4, -0.2) is 33.3 Å². The van der Waals surface area contributed by atoms with Gasteiger partial charge in [0.1, 0.15) is 11.5 Å². The van der Waals surface area contributed by atoms with Crippen LogP contribution in [0.2, 0.25) is 0 Å². The first-order valence-electron chi connectivity index (χ1n) is 7.87. The number of pyridine rings is 2. The van der Waals surface area contributed by atoms with Crippen LogP contribution in [-0.2, 0) is 4.74 Å². The summed E-state index contributed by atoms with van der Waals surface area (Å²) in [6, 6.07) is 13.5. The van der Waals surface area contributed by atoms with E-state index in [1.807, 2.05) is 12.1 Å². The van der Waals surface area contributed by atoms with Crippen molar-refractivity contribution in [1.29, 1.82) is 0 Å². The Labute approximate surface area is 177 Å². The fourth-order valence-electron chi connectivity index (χ4n) is 2.42. The second kappa shape index (κ2) is 10.4. The number of aromatic nitrogens is 2. The molecule has 2 aromatic carbocycles. The summed E-state index contributed by atoms with van der Waals surface area (Å²) in [6.45, 7) is 0. The summed E-state index contributed by atoms with van der Waals surface area (Å²) >= 11 is 3.33. The van der Waals surface area contributed by atoms with E-state index in [2.05, 4.69) is 30.6 Å². The van der Waals surface area contributed by atoms with Gasteiger partial charge in [0.05, 0.1) is 23.7 Å². The number of nitrogens with zero attached hydrogens (tertiary/aromatic N) is 2. The lowest BCUT2D eigenvalue weighted by Crippen LogP contribution is -2.01. The fourth-order valence-corrected chi connectivity index (χ4v) is 2.77. The summed E-state index contributed by atoms with van der Waals surface area (Å²) in [5.41, 5.74) is 1.84. The van der Waals surface area contributed by atoms with Crippen LogP contribution < -0.4 is 0 Å². The Morgan fingerprint density at radius 1 is 0.862 bits per heavy atom. The Morgan fingerprint density at radius 2 is 1.38 bits per heavy atom. The van der Waals surface area contributed by atoms with E-state index in [4.69, 9.17) is 5.11 Å². The van der Waals surface area contributed by atoms with Gasteiger partial charge in [-0.15, -0.1) is 0 Å². The molecule has 0 aliphatic rings. The number of rotatable bonds is 1. The molecule has 0 saturated carbocycles. The second-order valence-electron chi connectivity index (χ2n) is 5.62. The number of hydrogen-bond acceptors (Lipinski definition) is 6. The highest BCUT2D eigenvalue weighted by molar-refractivity contribution is 9.10. The van der Waals surface area contributed by atoms with Crippen LogP contribution in [0.3, 0.4) is 0 Å². The molecule has 0 radical (unpaired) electrons. The van der Waals surface area contributed by atoms with Gasteiger partial charge in [-0.2, -0.15) is 0 Å². The molecule has 0 saturated heterocycles. The summed E-state index contributed by atoms with van der Waals surface area (Å²) in [5, 5.41) is 20.2. The minimum absolute atomic E-state index is 0. The molecular formula is C22H23BrN2O4. The average Bonchev–Trinajstić information content (AvgIpc) is 2.67. The number of halogens is 1. The molecule has 2 aromatic heterocycles. The minimum atomic E-state index is -0.419. The molecule has 0 bridgehead atoms. The van der Waals surface area contributed by atoms with Crippen LogP contribution in [0.25, 0.3) is 21.8 Å². The molecule has 0 unspecified atom stereocenters. The van der Waals surface area contributed by atoms with Gasteiger partial charge >= 0.3 is 5.97 Å². The van der Waals surface area contributed by atoms with Gasteiger partial charge in [-0.25, -0.2) is 4.79 Å². The van der Waals surface area contributed by atoms with Gasteiger partial charge in [0, 0.05) is 39.8 Å². The molecule has 4 aromatic rings. The van der Waals surface area contributed by atoms with E-state index >= 15 is 0 Å². The number of benzene rings is 2. The van der Waals surface area contributed by atoms with E-state index in [-0.39, 0.29) is 26.4 Å². The Kier molecular flexibility index (Phi) is 8.54. The lowest BCUT2D eigenvalue weighted by molar-refractivity contribution is 0.0600. The van der Waals surface area contributed by atoms with Crippen LogP contribution >= 0.6 is 15.9 Å². The maximum atomic E-state index is 11.2. The van der Waals surface area contributed by atoms with Gasteiger partial charge in [0.2, 0.25) is 0 Å².